The molecule has 0 bridgehead atoms. The normalized spacial score (nSPS) is 11.4. The molecule has 28 heteroatoms. The minimum Gasteiger partial charge on any atom is -0.475 e. The van der Waals surface area contributed by atoms with Crippen molar-refractivity contribution in [2.45, 2.75) is 295 Å². The number of carbonyl (C=O) groups excluding carboxylic acids is 2. The molecular formula is C62H116F12N6O10. The molecule has 0 saturated heterocycles. The third kappa shape index (κ3) is 88.0. The van der Waals surface area contributed by atoms with E-state index in [0.717, 1.165) is 104 Å². The van der Waals surface area contributed by atoms with E-state index in [-0.39, 0.29) is 11.8 Å². The van der Waals surface area contributed by atoms with Crippen LogP contribution in [0.2, 0.25) is 0 Å². The van der Waals surface area contributed by atoms with E-state index in [4.69, 9.17) is 39.6 Å². The number of aliphatic carboxylic acids is 4. The highest BCUT2D eigenvalue weighted by Crippen LogP contribution is 2.18. The number of carbonyl (C=O) groups is 6. The number of carboxylic acids is 4. The Labute approximate surface area is 528 Å². The van der Waals surface area contributed by atoms with E-state index in [1.807, 2.05) is 0 Å². The van der Waals surface area contributed by atoms with Gasteiger partial charge < -0.3 is 52.3 Å². The molecule has 0 radical (unpaired) electrons. The Hall–Kier alpha value is -4.18. The first-order chi connectivity index (χ1) is 42.5. The molecule has 0 fully saturated rings. The van der Waals surface area contributed by atoms with Gasteiger partial charge in [0.1, 0.15) is 0 Å². The van der Waals surface area contributed by atoms with Crippen LogP contribution in [0.15, 0.2) is 0 Å². The number of halogens is 12. The van der Waals surface area contributed by atoms with Gasteiger partial charge in [-0.25, -0.2) is 19.2 Å². The lowest BCUT2D eigenvalue weighted by Gasteiger charge is -2.09. The lowest BCUT2D eigenvalue weighted by molar-refractivity contribution is -0.193. The Bertz CT molecular complexity index is 1490. The summed E-state index contributed by atoms with van der Waals surface area (Å²) >= 11 is 0. The average Bonchev–Trinajstić information content (AvgIpc) is 3.56. The zero-order valence-electron chi connectivity index (χ0n) is 54.1. The molecule has 0 atom stereocenters. The van der Waals surface area contributed by atoms with Crippen LogP contribution in [0.4, 0.5) is 52.7 Å². The molecule has 16 nitrogen and oxygen atoms in total. The molecule has 0 aromatic heterocycles. The molecule has 538 valence electrons. The van der Waals surface area contributed by atoms with E-state index in [9.17, 15) is 62.3 Å². The van der Waals surface area contributed by atoms with Crippen molar-refractivity contribution in [3.63, 3.8) is 0 Å². The standard InChI is InChI=1S/C54H112N6O2.4C2HF3O2/c1-3-5-7-9-11-13-15-17-19-21-23-25-27-29-31-33-41-53(61)59-51-39-49-57-47-37-45-55-43-35-36-44-56-46-38-48-58-50-40-52-60-54(62)42-34-32-30-28-26-24-22-20-18-16-14-12-10-8-6-4-2;4*3-2(4,5)1(6)7/h55-58H,3-52H2,1-2H3,(H,59,61)(H,60,62);4*(H,6,7). The average molecular weight is 1330 g/mol. The van der Waals surface area contributed by atoms with E-state index < -0.39 is 48.6 Å². The van der Waals surface area contributed by atoms with Gasteiger partial charge in [0, 0.05) is 25.9 Å². The highest BCUT2D eigenvalue weighted by molar-refractivity contribution is 5.76. The van der Waals surface area contributed by atoms with E-state index in [0.29, 0.717) is 12.8 Å². The summed E-state index contributed by atoms with van der Waals surface area (Å²) in [4.78, 5) is 59.8. The smallest absolute Gasteiger partial charge is 0.475 e. The summed E-state index contributed by atoms with van der Waals surface area (Å²) in [5.41, 5.74) is 0. The van der Waals surface area contributed by atoms with E-state index in [1.54, 1.807) is 0 Å². The first-order valence-corrected chi connectivity index (χ1v) is 33.0. The molecule has 0 aromatic rings. The molecular weight excluding hydrogens is 1220 g/mol. The molecule has 0 spiro atoms. The van der Waals surface area contributed by atoms with Gasteiger partial charge in [0.25, 0.3) is 0 Å². The quantitative estimate of drug-likeness (QED) is 0.0201. The maximum Gasteiger partial charge on any atom is 0.490 e. The van der Waals surface area contributed by atoms with Gasteiger partial charge in [-0.15, -0.1) is 0 Å². The summed E-state index contributed by atoms with van der Waals surface area (Å²) in [5.74, 6) is -10.6. The zero-order chi connectivity index (χ0) is 69.1. The van der Waals surface area contributed by atoms with Crippen molar-refractivity contribution < 1.29 is 102 Å². The van der Waals surface area contributed by atoms with Gasteiger partial charge in [0.15, 0.2) is 0 Å². The molecule has 90 heavy (non-hydrogen) atoms. The predicted molar refractivity (Wildman–Crippen MR) is 328 cm³/mol. The number of amides is 2. The lowest BCUT2D eigenvalue weighted by atomic mass is 10.0. The number of carboxylic acid groups (broad SMARTS) is 4. The molecule has 0 aliphatic heterocycles. The monoisotopic (exact) mass is 1330 g/mol. The summed E-state index contributed by atoms with van der Waals surface area (Å²) in [6.45, 7) is 14.5. The van der Waals surface area contributed by atoms with Crippen LogP contribution in [-0.4, -0.2) is 146 Å². The van der Waals surface area contributed by atoms with E-state index in [2.05, 4.69) is 45.7 Å². The third-order valence-electron chi connectivity index (χ3n) is 13.6. The van der Waals surface area contributed by atoms with Crippen molar-refractivity contribution in [1.82, 2.24) is 31.9 Å². The maximum atomic E-state index is 12.1. The van der Waals surface area contributed by atoms with Crippen molar-refractivity contribution in [1.29, 1.82) is 0 Å². The fourth-order valence-electron chi connectivity index (χ4n) is 8.40. The summed E-state index contributed by atoms with van der Waals surface area (Å²) in [7, 11) is 0. The van der Waals surface area contributed by atoms with Crippen LogP contribution in [-0.2, 0) is 28.8 Å². The van der Waals surface area contributed by atoms with Gasteiger partial charge >= 0.3 is 48.6 Å². The minimum atomic E-state index is -5.08. The highest BCUT2D eigenvalue weighted by atomic mass is 19.4. The summed E-state index contributed by atoms with van der Waals surface area (Å²) < 4.78 is 127. The second-order valence-electron chi connectivity index (χ2n) is 22.1. The number of rotatable bonds is 55. The molecule has 0 aliphatic rings. The molecule has 0 unspecified atom stereocenters. The lowest BCUT2D eigenvalue weighted by Crippen LogP contribution is -2.28. The Kier molecular flexibility index (Phi) is 71.1. The van der Waals surface area contributed by atoms with Crippen molar-refractivity contribution in [2.24, 2.45) is 0 Å². The Morgan fingerprint density at radius 1 is 0.233 bits per heavy atom. The maximum absolute atomic E-state index is 12.1. The zero-order valence-corrected chi connectivity index (χ0v) is 54.1. The van der Waals surface area contributed by atoms with Crippen LogP contribution in [0, 0.1) is 0 Å². The second kappa shape index (κ2) is 67.7. The van der Waals surface area contributed by atoms with Crippen molar-refractivity contribution in [3.8, 4) is 0 Å². The first kappa shape index (κ1) is 94.5. The largest absolute Gasteiger partial charge is 0.490 e. The Morgan fingerprint density at radius 3 is 0.544 bits per heavy atom. The SMILES string of the molecule is CCCCCCCCCCCCCCCCCCC(=O)NCCCNCCCNCCCCNCCCNCCCNC(=O)CCCCCCCCCCCCCCCCCC.O=C(O)C(F)(F)F.O=C(O)C(F)(F)F.O=C(O)C(F)(F)F.O=C(O)C(F)(F)F. The first-order valence-electron chi connectivity index (χ1n) is 33.0. The third-order valence-corrected chi connectivity index (χ3v) is 13.6. The van der Waals surface area contributed by atoms with Gasteiger partial charge in [-0.3, -0.25) is 9.59 Å². The molecule has 0 saturated carbocycles. The van der Waals surface area contributed by atoms with Gasteiger partial charge in [0.2, 0.25) is 11.8 Å². The number of unbranched alkanes of at least 4 members (excludes halogenated alkanes) is 31. The summed E-state index contributed by atoms with van der Waals surface area (Å²) in [6, 6.07) is 0. The number of hydrogen-bond acceptors (Lipinski definition) is 10. The predicted octanol–water partition coefficient (Wildman–Crippen LogP) is 15.8. The van der Waals surface area contributed by atoms with Gasteiger partial charge in [0.05, 0.1) is 0 Å². The second-order valence-corrected chi connectivity index (χ2v) is 22.1. The van der Waals surface area contributed by atoms with Crippen LogP contribution in [0.25, 0.3) is 0 Å². The van der Waals surface area contributed by atoms with Crippen molar-refractivity contribution >= 4 is 35.7 Å². The number of hydrogen-bond donors (Lipinski definition) is 10. The molecule has 2 amide bonds. The van der Waals surface area contributed by atoms with Crippen molar-refractivity contribution in [2.75, 3.05) is 65.4 Å². The summed E-state index contributed by atoms with van der Waals surface area (Å²) in [5, 5.41) is 48.9. The van der Waals surface area contributed by atoms with Crippen molar-refractivity contribution in [3.05, 3.63) is 0 Å². The Morgan fingerprint density at radius 2 is 0.378 bits per heavy atom. The van der Waals surface area contributed by atoms with Gasteiger partial charge in [-0.2, -0.15) is 52.7 Å². The topological polar surface area (TPSA) is 256 Å². The number of alkyl halides is 12. The van der Waals surface area contributed by atoms with E-state index in [1.165, 1.54) is 205 Å². The molecule has 10 N–H and O–H groups in total. The van der Waals surface area contributed by atoms with Crippen LogP contribution < -0.4 is 31.9 Å². The molecule has 0 aromatic carbocycles. The van der Waals surface area contributed by atoms with E-state index >= 15 is 0 Å². The van der Waals surface area contributed by atoms with Crippen LogP contribution in [0.5, 0.6) is 0 Å². The minimum absolute atomic E-state index is 0.228. The van der Waals surface area contributed by atoms with Crippen LogP contribution in [0.3, 0.4) is 0 Å². The number of nitrogens with one attached hydrogen (secondary N) is 6. The highest BCUT2D eigenvalue weighted by Gasteiger charge is 2.40. The van der Waals surface area contributed by atoms with Gasteiger partial charge in [-0.05, 0) is 104 Å². The van der Waals surface area contributed by atoms with Gasteiger partial charge in [-0.1, -0.05) is 206 Å². The summed E-state index contributed by atoms with van der Waals surface area (Å²) in [6.07, 6.45) is 31.4. The van der Waals surface area contributed by atoms with Crippen LogP contribution in [0.1, 0.15) is 271 Å². The fourth-order valence-corrected chi connectivity index (χ4v) is 8.40. The molecule has 0 heterocycles. The Balaban J connectivity index is -0.000000699. The molecule has 0 rings (SSSR count). The van der Waals surface area contributed by atoms with Crippen LogP contribution >= 0.6 is 0 Å². The fraction of sp³-hybridized carbons (Fsp3) is 0.903. The molecule has 0 aliphatic carbocycles.